The third kappa shape index (κ3) is 4.00. The van der Waals surface area contributed by atoms with Gasteiger partial charge < -0.3 is 5.32 Å². The number of nitrogens with one attached hydrogen (secondary N) is 1. The Balaban J connectivity index is 2.12. The first-order valence-electron chi connectivity index (χ1n) is 7.08. The van der Waals surface area contributed by atoms with Crippen molar-refractivity contribution in [3.05, 3.63) is 35.5 Å². The summed E-state index contributed by atoms with van der Waals surface area (Å²) >= 11 is 11.9. The van der Waals surface area contributed by atoms with Crippen molar-refractivity contribution in [1.29, 1.82) is 0 Å². The second kappa shape index (κ2) is 7.70. The van der Waals surface area contributed by atoms with Crippen molar-refractivity contribution in [3.8, 4) is 0 Å². The standard InChI is InChI=1S/C16H20Cl2N2/c1-2-3-12(6-8-17)11-20-15-7-9-19-16-10-13(18)4-5-14(15)16/h4-5,7,9-10,12H,2-3,6,8,11H2,1H3,(H,19,20). The first-order chi connectivity index (χ1) is 9.74. The van der Waals surface area contributed by atoms with Crippen LogP contribution in [-0.4, -0.2) is 17.4 Å². The summed E-state index contributed by atoms with van der Waals surface area (Å²) in [5.41, 5.74) is 2.04. The Kier molecular flexibility index (Phi) is 5.93. The van der Waals surface area contributed by atoms with Gasteiger partial charge in [0.05, 0.1) is 5.52 Å². The van der Waals surface area contributed by atoms with Gasteiger partial charge in [-0.2, -0.15) is 0 Å². The predicted octanol–water partition coefficient (Wildman–Crippen LogP) is 5.35. The van der Waals surface area contributed by atoms with Gasteiger partial charge in [-0.25, -0.2) is 0 Å². The van der Waals surface area contributed by atoms with Gasteiger partial charge in [0.15, 0.2) is 0 Å². The number of rotatable bonds is 7. The molecule has 1 unspecified atom stereocenters. The number of pyridine rings is 1. The van der Waals surface area contributed by atoms with Crippen LogP contribution >= 0.6 is 23.2 Å². The second-order valence-corrected chi connectivity index (χ2v) is 5.85. The molecule has 1 N–H and O–H groups in total. The monoisotopic (exact) mass is 310 g/mol. The number of anilines is 1. The number of fused-ring (bicyclic) bond motifs is 1. The number of benzene rings is 1. The molecule has 0 bridgehead atoms. The van der Waals surface area contributed by atoms with E-state index >= 15 is 0 Å². The largest absolute Gasteiger partial charge is 0.384 e. The van der Waals surface area contributed by atoms with Crippen LogP contribution in [0.15, 0.2) is 30.5 Å². The van der Waals surface area contributed by atoms with E-state index in [1.54, 1.807) is 0 Å². The van der Waals surface area contributed by atoms with Gasteiger partial charge in [0.25, 0.3) is 0 Å². The number of hydrogen-bond acceptors (Lipinski definition) is 2. The molecule has 1 atom stereocenters. The second-order valence-electron chi connectivity index (χ2n) is 5.03. The maximum Gasteiger partial charge on any atom is 0.0737 e. The van der Waals surface area contributed by atoms with Crippen LogP contribution in [0.25, 0.3) is 10.9 Å². The SMILES string of the molecule is CCCC(CCCl)CNc1ccnc2cc(Cl)ccc12. The maximum absolute atomic E-state index is 6.01. The van der Waals surface area contributed by atoms with Crippen molar-refractivity contribution in [2.45, 2.75) is 26.2 Å². The van der Waals surface area contributed by atoms with E-state index in [2.05, 4.69) is 17.2 Å². The summed E-state index contributed by atoms with van der Waals surface area (Å²) in [5, 5.41) is 5.36. The van der Waals surface area contributed by atoms with E-state index < -0.39 is 0 Å². The average molecular weight is 311 g/mol. The molecule has 20 heavy (non-hydrogen) atoms. The summed E-state index contributed by atoms with van der Waals surface area (Å²) in [6, 6.07) is 7.83. The fraction of sp³-hybridized carbons (Fsp3) is 0.438. The van der Waals surface area contributed by atoms with Crippen LogP contribution in [0.2, 0.25) is 5.02 Å². The zero-order valence-corrected chi connectivity index (χ0v) is 13.2. The fourth-order valence-electron chi connectivity index (χ4n) is 2.44. The number of alkyl halides is 1. The van der Waals surface area contributed by atoms with Gasteiger partial charge in [0.2, 0.25) is 0 Å². The van der Waals surface area contributed by atoms with Crippen molar-refractivity contribution in [2.75, 3.05) is 17.7 Å². The summed E-state index contributed by atoms with van der Waals surface area (Å²) in [6.07, 6.45) is 5.26. The lowest BCUT2D eigenvalue weighted by Crippen LogP contribution is -2.15. The lowest BCUT2D eigenvalue weighted by atomic mass is 10.0. The minimum Gasteiger partial charge on any atom is -0.384 e. The smallest absolute Gasteiger partial charge is 0.0737 e. The third-order valence-electron chi connectivity index (χ3n) is 3.50. The molecule has 0 saturated carbocycles. The quantitative estimate of drug-likeness (QED) is 0.698. The van der Waals surface area contributed by atoms with E-state index in [0.717, 1.165) is 35.4 Å². The van der Waals surface area contributed by atoms with E-state index in [-0.39, 0.29) is 0 Å². The number of nitrogens with zero attached hydrogens (tertiary/aromatic N) is 1. The molecule has 1 aromatic heterocycles. The van der Waals surface area contributed by atoms with Crippen LogP contribution in [0.4, 0.5) is 5.69 Å². The number of aromatic nitrogens is 1. The predicted molar refractivity (Wildman–Crippen MR) is 89.0 cm³/mol. The van der Waals surface area contributed by atoms with Crippen LogP contribution in [0.1, 0.15) is 26.2 Å². The molecular weight excluding hydrogens is 291 g/mol. The van der Waals surface area contributed by atoms with E-state index in [0.29, 0.717) is 10.9 Å². The van der Waals surface area contributed by atoms with E-state index in [9.17, 15) is 0 Å². The lowest BCUT2D eigenvalue weighted by molar-refractivity contribution is 0.490. The maximum atomic E-state index is 6.01. The zero-order valence-electron chi connectivity index (χ0n) is 11.7. The molecule has 2 nitrogen and oxygen atoms in total. The third-order valence-corrected chi connectivity index (χ3v) is 3.95. The highest BCUT2D eigenvalue weighted by molar-refractivity contribution is 6.31. The van der Waals surface area contributed by atoms with E-state index in [4.69, 9.17) is 23.2 Å². The molecule has 1 aromatic carbocycles. The summed E-state index contributed by atoms with van der Waals surface area (Å²) < 4.78 is 0. The Morgan fingerprint density at radius 2 is 2.10 bits per heavy atom. The van der Waals surface area contributed by atoms with Gasteiger partial charge in [-0.3, -0.25) is 4.98 Å². The highest BCUT2D eigenvalue weighted by atomic mass is 35.5. The normalized spacial score (nSPS) is 12.6. The van der Waals surface area contributed by atoms with Crippen molar-refractivity contribution >= 4 is 39.8 Å². The average Bonchev–Trinajstić information content (AvgIpc) is 2.44. The number of hydrogen-bond donors (Lipinski definition) is 1. The first kappa shape index (κ1) is 15.4. The van der Waals surface area contributed by atoms with Crippen LogP contribution in [0.5, 0.6) is 0 Å². The van der Waals surface area contributed by atoms with Gasteiger partial charge in [0.1, 0.15) is 0 Å². The minimum absolute atomic E-state index is 0.619. The van der Waals surface area contributed by atoms with Crippen LogP contribution in [-0.2, 0) is 0 Å². The van der Waals surface area contributed by atoms with Crippen molar-refractivity contribution < 1.29 is 0 Å². The Labute approximate surface area is 130 Å². The first-order valence-corrected chi connectivity index (χ1v) is 8.00. The Morgan fingerprint density at radius 1 is 1.25 bits per heavy atom. The molecule has 1 heterocycles. The molecule has 0 aliphatic rings. The molecule has 0 aliphatic heterocycles. The van der Waals surface area contributed by atoms with Gasteiger partial charge in [-0.15, -0.1) is 11.6 Å². The van der Waals surface area contributed by atoms with Gasteiger partial charge in [-0.05, 0) is 43.0 Å². The topological polar surface area (TPSA) is 24.9 Å². The van der Waals surface area contributed by atoms with Gasteiger partial charge >= 0.3 is 0 Å². The fourth-order valence-corrected chi connectivity index (χ4v) is 2.92. The molecular formula is C16H20Cl2N2. The van der Waals surface area contributed by atoms with Crippen LogP contribution < -0.4 is 5.32 Å². The zero-order chi connectivity index (χ0) is 14.4. The molecule has 4 heteroatoms. The summed E-state index contributed by atoms with van der Waals surface area (Å²) in [5.74, 6) is 1.34. The highest BCUT2D eigenvalue weighted by Crippen LogP contribution is 2.25. The Morgan fingerprint density at radius 3 is 2.85 bits per heavy atom. The molecule has 0 radical (unpaired) electrons. The number of halogens is 2. The molecule has 0 amide bonds. The van der Waals surface area contributed by atoms with E-state index in [1.807, 2.05) is 30.5 Å². The minimum atomic E-state index is 0.619. The summed E-state index contributed by atoms with van der Waals surface area (Å²) in [7, 11) is 0. The lowest BCUT2D eigenvalue weighted by Gasteiger charge is -2.17. The Hall–Kier alpha value is -0.990. The molecule has 108 valence electrons. The molecule has 0 saturated heterocycles. The van der Waals surface area contributed by atoms with Crippen LogP contribution in [0, 0.1) is 5.92 Å². The van der Waals surface area contributed by atoms with Gasteiger partial charge in [0, 0.05) is 34.7 Å². The Bertz CT molecular complexity index is 551. The van der Waals surface area contributed by atoms with Crippen molar-refractivity contribution in [2.24, 2.45) is 5.92 Å². The van der Waals surface area contributed by atoms with Crippen LogP contribution in [0.3, 0.4) is 0 Å². The molecule has 2 rings (SSSR count). The van der Waals surface area contributed by atoms with Crippen molar-refractivity contribution in [1.82, 2.24) is 4.98 Å². The summed E-state index contributed by atoms with van der Waals surface area (Å²) in [4.78, 5) is 4.36. The van der Waals surface area contributed by atoms with Gasteiger partial charge in [-0.1, -0.05) is 24.9 Å². The van der Waals surface area contributed by atoms with Crippen molar-refractivity contribution in [3.63, 3.8) is 0 Å². The highest BCUT2D eigenvalue weighted by Gasteiger charge is 2.08. The molecule has 2 aromatic rings. The summed E-state index contributed by atoms with van der Waals surface area (Å²) in [6.45, 7) is 3.16. The van der Waals surface area contributed by atoms with E-state index in [1.165, 1.54) is 12.8 Å². The molecule has 0 aliphatic carbocycles. The molecule has 0 spiro atoms. The molecule has 0 fully saturated rings.